The Hall–Kier alpha value is -5.23. The molecule has 0 aliphatic rings. The standard InChI is InChI=1S/C42H27OP/c43-44(40-19-7-16-34-22-28-10-1-4-13-31(28)25-37(34)40,41-20-8-17-35-23-29-11-2-5-14-32(29)26-38(35)41)42-21-9-18-36-24-30-12-3-6-15-33(30)27-39(36)42/h1-27H. The molecule has 0 atom stereocenters. The minimum atomic E-state index is -3.45. The maximum atomic E-state index is 16.7. The molecular weight excluding hydrogens is 551 g/mol. The summed E-state index contributed by atoms with van der Waals surface area (Å²) in [5, 5.41) is 16.0. The molecule has 0 aliphatic heterocycles. The van der Waals surface area contributed by atoms with Gasteiger partial charge in [-0.15, -0.1) is 0 Å². The molecule has 0 spiro atoms. The average molecular weight is 579 g/mol. The van der Waals surface area contributed by atoms with Crippen LogP contribution in [0.4, 0.5) is 0 Å². The zero-order chi connectivity index (χ0) is 29.3. The molecule has 0 fully saturated rings. The zero-order valence-corrected chi connectivity index (χ0v) is 24.8. The van der Waals surface area contributed by atoms with E-state index in [2.05, 4.69) is 164 Å². The lowest BCUT2D eigenvalue weighted by atomic mass is 10.0. The summed E-state index contributed by atoms with van der Waals surface area (Å²) in [5.74, 6) is 0. The first-order chi connectivity index (χ1) is 21.7. The van der Waals surface area contributed by atoms with Crippen LogP contribution in [0.15, 0.2) is 164 Å². The van der Waals surface area contributed by atoms with E-state index in [1.165, 1.54) is 16.2 Å². The molecule has 1 nitrogen and oxygen atoms in total. The summed E-state index contributed by atoms with van der Waals surface area (Å²) in [7, 11) is -3.45. The largest absolute Gasteiger partial charge is 0.309 e. The van der Waals surface area contributed by atoms with Crippen molar-refractivity contribution in [3.05, 3.63) is 164 Å². The Bertz CT molecular complexity index is 2360. The van der Waals surface area contributed by atoms with Gasteiger partial charge in [-0.05, 0) is 101 Å². The van der Waals surface area contributed by atoms with E-state index >= 15 is 4.57 Å². The quantitative estimate of drug-likeness (QED) is 0.151. The Morgan fingerprint density at radius 1 is 0.273 bits per heavy atom. The highest BCUT2D eigenvalue weighted by atomic mass is 31.2. The van der Waals surface area contributed by atoms with Gasteiger partial charge in [-0.25, -0.2) is 0 Å². The first-order valence-corrected chi connectivity index (χ1v) is 16.7. The molecule has 0 bridgehead atoms. The maximum Gasteiger partial charge on any atom is 0.172 e. The van der Waals surface area contributed by atoms with Crippen molar-refractivity contribution in [1.82, 2.24) is 0 Å². The van der Waals surface area contributed by atoms with Crippen molar-refractivity contribution in [2.75, 3.05) is 0 Å². The van der Waals surface area contributed by atoms with Crippen LogP contribution in [0.1, 0.15) is 0 Å². The molecular formula is C42H27OP. The molecule has 0 heterocycles. The highest BCUT2D eigenvalue weighted by molar-refractivity contribution is 7.86. The molecule has 206 valence electrons. The van der Waals surface area contributed by atoms with Gasteiger partial charge in [0.1, 0.15) is 0 Å². The molecule has 9 rings (SSSR count). The van der Waals surface area contributed by atoms with Crippen molar-refractivity contribution in [2.24, 2.45) is 0 Å². The van der Waals surface area contributed by atoms with E-state index < -0.39 is 7.14 Å². The predicted octanol–water partition coefficient (Wildman–Crippen LogP) is 10.2. The topological polar surface area (TPSA) is 17.1 Å². The number of fused-ring (bicyclic) bond motifs is 6. The monoisotopic (exact) mass is 578 g/mol. The maximum absolute atomic E-state index is 16.7. The summed E-state index contributed by atoms with van der Waals surface area (Å²) in [6.45, 7) is 0. The molecule has 44 heavy (non-hydrogen) atoms. The highest BCUT2D eigenvalue weighted by Gasteiger charge is 2.34. The van der Waals surface area contributed by atoms with Gasteiger partial charge >= 0.3 is 0 Å². The van der Waals surface area contributed by atoms with E-state index in [0.717, 1.165) is 64.4 Å². The van der Waals surface area contributed by atoms with Crippen LogP contribution in [0.25, 0.3) is 64.6 Å². The third-order valence-corrected chi connectivity index (χ3v) is 12.4. The lowest BCUT2D eigenvalue weighted by Gasteiger charge is -2.25. The molecule has 0 aliphatic carbocycles. The first kappa shape index (κ1) is 25.3. The number of hydrogen-bond acceptors (Lipinski definition) is 1. The summed E-state index contributed by atoms with van der Waals surface area (Å²) in [5.41, 5.74) is 0. The van der Waals surface area contributed by atoms with Crippen LogP contribution >= 0.6 is 7.14 Å². The molecule has 0 amide bonds. The van der Waals surface area contributed by atoms with E-state index in [0.29, 0.717) is 0 Å². The molecule has 0 saturated carbocycles. The molecule has 0 unspecified atom stereocenters. The SMILES string of the molecule is O=P(c1cccc2cc3ccccc3cc12)(c1cccc2cc3ccccc3cc12)c1cccc2cc3ccccc3cc12. The lowest BCUT2D eigenvalue weighted by molar-refractivity contribution is 0.593. The van der Waals surface area contributed by atoms with E-state index in [1.54, 1.807) is 0 Å². The van der Waals surface area contributed by atoms with Gasteiger partial charge in [0.15, 0.2) is 7.14 Å². The third-order valence-electron chi connectivity index (χ3n) is 9.19. The van der Waals surface area contributed by atoms with Gasteiger partial charge in [0, 0.05) is 15.9 Å². The summed E-state index contributed by atoms with van der Waals surface area (Å²) < 4.78 is 16.7. The molecule has 0 aromatic heterocycles. The van der Waals surface area contributed by atoms with E-state index in [-0.39, 0.29) is 0 Å². The normalized spacial score (nSPS) is 12.2. The summed E-state index contributed by atoms with van der Waals surface area (Å²) in [6, 6.07) is 57.6. The minimum Gasteiger partial charge on any atom is -0.309 e. The summed E-state index contributed by atoms with van der Waals surface area (Å²) in [6.07, 6.45) is 0. The van der Waals surface area contributed by atoms with Gasteiger partial charge in [-0.1, -0.05) is 127 Å². The molecule has 0 saturated heterocycles. The fourth-order valence-corrected chi connectivity index (χ4v) is 10.3. The van der Waals surface area contributed by atoms with Gasteiger partial charge in [-0.2, -0.15) is 0 Å². The molecule has 9 aromatic carbocycles. The summed E-state index contributed by atoms with van der Waals surface area (Å²) in [4.78, 5) is 0. The third kappa shape index (κ3) is 3.77. The smallest absolute Gasteiger partial charge is 0.172 e. The second-order valence-electron chi connectivity index (χ2n) is 11.7. The number of hydrogen-bond donors (Lipinski definition) is 0. The van der Waals surface area contributed by atoms with Gasteiger partial charge in [0.25, 0.3) is 0 Å². The number of rotatable bonds is 3. The molecule has 0 radical (unpaired) electrons. The average Bonchev–Trinajstić information content (AvgIpc) is 3.07. The first-order valence-electron chi connectivity index (χ1n) is 15.0. The van der Waals surface area contributed by atoms with Crippen LogP contribution in [-0.2, 0) is 4.57 Å². The van der Waals surface area contributed by atoms with Gasteiger partial charge < -0.3 is 4.57 Å². The Balaban J connectivity index is 1.46. The van der Waals surface area contributed by atoms with Gasteiger partial charge in [-0.3, -0.25) is 0 Å². The van der Waals surface area contributed by atoms with E-state index in [9.17, 15) is 0 Å². The van der Waals surface area contributed by atoms with Crippen molar-refractivity contribution in [1.29, 1.82) is 0 Å². The molecule has 0 N–H and O–H groups in total. The van der Waals surface area contributed by atoms with Crippen molar-refractivity contribution >= 4 is 87.7 Å². The second-order valence-corrected chi connectivity index (χ2v) is 14.4. The van der Waals surface area contributed by atoms with Crippen molar-refractivity contribution in [3.8, 4) is 0 Å². The molecule has 9 aromatic rings. The second kappa shape index (κ2) is 9.64. The Morgan fingerprint density at radius 3 is 0.818 bits per heavy atom. The fourth-order valence-electron chi connectivity index (χ4n) is 7.06. The van der Waals surface area contributed by atoms with Crippen molar-refractivity contribution < 1.29 is 4.57 Å². The Kier molecular flexibility index (Phi) is 5.54. The van der Waals surface area contributed by atoms with Crippen LogP contribution in [0, 0.1) is 0 Å². The molecule has 2 heteroatoms. The Morgan fingerprint density at radius 2 is 0.523 bits per heavy atom. The minimum absolute atomic E-state index is 0.877. The Labute approximate surface area is 255 Å². The van der Waals surface area contributed by atoms with Crippen LogP contribution in [0.2, 0.25) is 0 Å². The summed E-state index contributed by atoms with van der Waals surface area (Å²) >= 11 is 0. The van der Waals surface area contributed by atoms with Crippen LogP contribution in [0.3, 0.4) is 0 Å². The lowest BCUT2D eigenvalue weighted by Crippen LogP contribution is -2.27. The van der Waals surface area contributed by atoms with Crippen molar-refractivity contribution in [2.45, 2.75) is 0 Å². The number of benzene rings is 9. The van der Waals surface area contributed by atoms with Crippen LogP contribution in [-0.4, -0.2) is 0 Å². The highest BCUT2D eigenvalue weighted by Crippen LogP contribution is 2.48. The predicted molar refractivity (Wildman–Crippen MR) is 191 cm³/mol. The fraction of sp³-hybridized carbons (Fsp3) is 0. The van der Waals surface area contributed by atoms with Gasteiger partial charge in [0.05, 0.1) is 0 Å². The van der Waals surface area contributed by atoms with Crippen molar-refractivity contribution in [3.63, 3.8) is 0 Å². The van der Waals surface area contributed by atoms with Gasteiger partial charge in [0.2, 0.25) is 0 Å². The zero-order valence-electron chi connectivity index (χ0n) is 23.9. The van der Waals surface area contributed by atoms with E-state index in [1.807, 2.05) is 0 Å². The van der Waals surface area contributed by atoms with Crippen LogP contribution in [0.5, 0.6) is 0 Å². The van der Waals surface area contributed by atoms with E-state index in [4.69, 9.17) is 0 Å². The van der Waals surface area contributed by atoms with Crippen LogP contribution < -0.4 is 15.9 Å².